The van der Waals surface area contributed by atoms with Gasteiger partial charge in [0.25, 0.3) is 0 Å². The number of carbonyl (C=O) groups is 2. The maximum Gasteiger partial charge on any atom is 0.242 e. The largest absolute Gasteiger partial charge is 0.379 e. The van der Waals surface area contributed by atoms with Crippen LogP contribution in [0.4, 0.5) is 0 Å². The van der Waals surface area contributed by atoms with Crippen molar-refractivity contribution < 1.29 is 14.3 Å². The van der Waals surface area contributed by atoms with Gasteiger partial charge in [0.05, 0.1) is 18.1 Å². The molecule has 2 aliphatic heterocycles. The smallest absolute Gasteiger partial charge is 0.242 e. The number of amides is 2. The topological polar surface area (TPSA) is 70.7 Å². The minimum Gasteiger partial charge on any atom is -0.379 e. The van der Waals surface area contributed by atoms with Gasteiger partial charge in [-0.05, 0) is 75.1 Å². The lowest BCUT2D eigenvalue weighted by Crippen LogP contribution is -2.56. The van der Waals surface area contributed by atoms with Gasteiger partial charge in [0.15, 0.2) is 0 Å². The van der Waals surface area contributed by atoms with Crippen LogP contribution in [0.2, 0.25) is 5.02 Å². The lowest BCUT2D eigenvalue weighted by Gasteiger charge is -2.42. The number of halogens is 1. The first-order valence-corrected chi connectivity index (χ1v) is 14.7. The molecule has 2 amide bonds. The van der Waals surface area contributed by atoms with Gasteiger partial charge in [0.2, 0.25) is 11.8 Å². The summed E-state index contributed by atoms with van der Waals surface area (Å²) in [6, 6.07) is 7.42. The SMILES string of the molecule is CC(C)C[C@H]1COCCCCCC2(CCN(Cc3ccccc3Cl)CC2)C(=O)N[C@@H](CC(C)C)C(=O)N1. The van der Waals surface area contributed by atoms with E-state index in [-0.39, 0.29) is 17.9 Å². The highest BCUT2D eigenvalue weighted by Crippen LogP contribution is 2.38. The standard InChI is InChI=1S/C30H48ClN3O3/c1-22(2)18-25-21-37-17-9-5-8-12-30(29(36)33-27(19-23(3)4)28(35)32-25)13-15-34(16-14-30)20-24-10-6-7-11-26(24)31/h6-7,10-11,22-23,25,27H,5,8-9,12-21H2,1-4H3,(H,32,35)(H,33,36)/t25-,27-/m0/s1. The number of hydrogen-bond acceptors (Lipinski definition) is 4. The van der Waals surface area contributed by atoms with Crippen LogP contribution in [-0.4, -0.2) is 55.1 Å². The highest BCUT2D eigenvalue weighted by atomic mass is 35.5. The van der Waals surface area contributed by atoms with Crippen molar-refractivity contribution in [1.82, 2.24) is 15.5 Å². The van der Waals surface area contributed by atoms with Crippen molar-refractivity contribution in [3.8, 4) is 0 Å². The van der Waals surface area contributed by atoms with Gasteiger partial charge in [-0.1, -0.05) is 70.3 Å². The monoisotopic (exact) mass is 533 g/mol. The molecule has 0 aromatic heterocycles. The fraction of sp³-hybridized carbons (Fsp3) is 0.733. The summed E-state index contributed by atoms with van der Waals surface area (Å²) < 4.78 is 5.98. The number of hydrogen-bond donors (Lipinski definition) is 2. The summed E-state index contributed by atoms with van der Waals surface area (Å²) in [5, 5.41) is 7.23. The summed E-state index contributed by atoms with van der Waals surface area (Å²) in [7, 11) is 0. The average molecular weight is 534 g/mol. The number of rotatable bonds is 6. The summed E-state index contributed by atoms with van der Waals surface area (Å²) >= 11 is 6.41. The van der Waals surface area contributed by atoms with E-state index in [0.29, 0.717) is 31.5 Å². The highest BCUT2D eigenvalue weighted by molar-refractivity contribution is 6.31. The van der Waals surface area contributed by atoms with E-state index in [1.165, 1.54) is 0 Å². The third-order valence-corrected chi connectivity index (χ3v) is 8.21. The molecule has 1 aromatic rings. The van der Waals surface area contributed by atoms with Gasteiger partial charge in [-0.15, -0.1) is 0 Å². The zero-order valence-corrected chi connectivity index (χ0v) is 24.1. The van der Waals surface area contributed by atoms with E-state index in [9.17, 15) is 9.59 Å². The first kappa shape index (κ1) is 29.9. The van der Waals surface area contributed by atoms with Crippen molar-refractivity contribution in [3.05, 3.63) is 34.9 Å². The average Bonchev–Trinajstić information content (AvgIpc) is 2.84. The van der Waals surface area contributed by atoms with Crippen molar-refractivity contribution in [2.24, 2.45) is 17.3 Å². The Labute approximate surface area is 229 Å². The number of nitrogens with zero attached hydrogens (tertiary/aromatic N) is 1. The van der Waals surface area contributed by atoms with E-state index in [2.05, 4.69) is 49.3 Å². The number of benzene rings is 1. The fourth-order valence-corrected chi connectivity index (χ4v) is 5.92. The molecule has 0 saturated carbocycles. The van der Waals surface area contributed by atoms with Gasteiger partial charge < -0.3 is 15.4 Å². The Hall–Kier alpha value is -1.63. The van der Waals surface area contributed by atoms with E-state index < -0.39 is 11.5 Å². The first-order chi connectivity index (χ1) is 17.7. The first-order valence-electron chi connectivity index (χ1n) is 14.3. The number of nitrogens with one attached hydrogen (secondary N) is 2. The molecule has 0 unspecified atom stereocenters. The fourth-order valence-electron chi connectivity index (χ4n) is 5.72. The van der Waals surface area contributed by atoms with Crippen molar-refractivity contribution in [3.63, 3.8) is 0 Å². The second-order valence-corrected chi connectivity index (χ2v) is 12.4. The van der Waals surface area contributed by atoms with Gasteiger partial charge in [0.1, 0.15) is 6.04 Å². The zero-order valence-electron chi connectivity index (χ0n) is 23.4. The maximum absolute atomic E-state index is 13.9. The molecule has 37 heavy (non-hydrogen) atoms. The normalized spacial score (nSPS) is 24.6. The predicted octanol–water partition coefficient (Wildman–Crippen LogP) is 5.57. The van der Waals surface area contributed by atoms with Crippen molar-refractivity contribution in [1.29, 1.82) is 0 Å². The van der Waals surface area contributed by atoms with Gasteiger partial charge in [-0.25, -0.2) is 0 Å². The Bertz CT molecular complexity index is 867. The van der Waals surface area contributed by atoms with Crippen LogP contribution < -0.4 is 10.6 Å². The second-order valence-electron chi connectivity index (χ2n) is 12.0. The molecule has 1 spiro atoms. The van der Waals surface area contributed by atoms with E-state index in [4.69, 9.17) is 16.3 Å². The van der Waals surface area contributed by atoms with Crippen molar-refractivity contribution >= 4 is 23.4 Å². The molecule has 7 heteroatoms. The molecular weight excluding hydrogens is 486 g/mol. The van der Waals surface area contributed by atoms with Crippen LogP contribution in [0.3, 0.4) is 0 Å². The van der Waals surface area contributed by atoms with E-state index in [1.807, 2.05) is 18.2 Å². The van der Waals surface area contributed by atoms with Crippen molar-refractivity contribution in [2.45, 2.75) is 97.7 Å². The van der Waals surface area contributed by atoms with Crippen LogP contribution >= 0.6 is 11.6 Å². The summed E-state index contributed by atoms with van der Waals surface area (Å²) in [5.41, 5.74) is 0.689. The zero-order chi connectivity index (χ0) is 26.8. The quantitative estimate of drug-likeness (QED) is 0.501. The predicted molar refractivity (Wildman–Crippen MR) is 150 cm³/mol. The highest BCUT2D eigenvalue weighted by Gasteiger charge is 2.42. The molecule has 208 valence electrons. The van der Waals surface area contributed by atoms with E-state index in [1.54, 1.807) is 0 Å². The summed E-state index contributed by atoms with van der Waals surface area (Å²) in [6.45, 7) is 12.2. The Balaban J connectivity index is 1.74. The Kier molecular flexibility index (Phi) is 11.7. The van der Waals surface area contributed by atoms with Gasteiger partial charge >= 0.3 is 0 Å². The Morgan fingerprint density at radius 1 is 0.973 bits per heavy atom. The minimum absolute atomic E-state index is 0.0379. The number of piperidine rings is 1. The molecule has 2 heterocycles. The molecule has 2 fully saturated rings. The van der Waals surface area contributed by atoms with Gasteiger partial charge in [-0.3, -0.25) is 14.5 Å². The summed E-state index contributed by atoms with van der Waals surface area (Å²) in [4.78, 5) is 29.7. The molecule has 0 aliphatic carbocycles. The molecule has 0 radical (unpaired) electrons. The van der Waals surface area contributed by atoms with Crippen LogP contribution in [0.15, 0.2) is 24.3 Å². The third kappa shape index (κ3) is 9.26. The van der Waals surface area contributed by atoms with Crippen LogP contribution in [-0.2, 0) is 20.9 Å². The van der Waals surface area contributed by atoms with E-state index >= 15 is 0 Å². The van der Waals surface area contributed by atoms with Crippen LogP contribution in [0.5, 0.6) is 0 Å². The molecule has 1 aromatic carbocycles. The Morgan fingerprint density at radius 2 is 1.68 bits per heavy atom. The lowest BCUT2D eigenvalue weighted by atomic mass is 9.73. The Morgan fingerprint density at radius 3 is 2.35 bits per heavy atom. The van der Waals surface area contributed by atoms with Crippen LogP contribution in [0, 0.1) is 17.3 Å². The lowest BCUT2D eigenvalue weighted by molar-refractivity contribution is -0.139. The summed E-state index contributed by atoms with van der Waals surface area (Å²) in [6.07, 6.45) is 6.96. The van der Waals surface area contributed by atoms with Gasteiger partial charge in [0, 0.05) is 18.2 Å². The molecule has 2 atom stereocenters. The minimum atomic E-state index is -0.525. The number of ether oxygens (including phenoxy) is 1. The molecule has 6 nitrogen and oxygen atoms in total. The maximum atomic E-state index is 13.9. The van der Waals surface area contributed by atoms with Crippen LogP contribution in [0.25, 0.3) is 0 Å². The molecule has 3 rings (SSSR count). The number of carbonyl (C=O) groups excluding carboxylic acids is 2. The summed E-state index contributed by atoms with van der Waals surface area (Å²) in [5.74, 6) is 0.715. The van der Waals surface area contributed by atoms with Crippen molar-refractivity contribution in [2.75, 3.05) is 26.3 Å². The number of likely N-dealkylation sites (tertiary alicyclic amines) is 1. The van der Waals surface area contributed by atoms with E-state index in [0.717, 1.165) is 75.2 Å². The molecular formula is C30H48ClN3O3. The molecule has 0 bridgehead atoms. The van der Waals surface area contributed by atoms with Gasteiger partial charge in [-0.2, -0.15) is 0 Å². The second kappa shape index (κ2) is 14.5. The molecule has 2 aliphatic rings. The molecule has 2 saturated heterocycles. The third-order valence-electron chi connectivity index (χ3n) is 7.84. The molecule has 2 N–H and O–H groups in total. The van der Waals surface area contributed by atoms with Crippen LogP contribution in [0.1, 0.15) is 84.6 Å².